The smallest absolute Gasteiger partial charge is 0.341 e. The SMILES string of the molecule is O=C(O)c1cccnc1O[C@H]1CNCCOC1c1ccc(Cl)c(F)c1. The second kappa shape index (κ2) is 7.77. The van der Waals surface area contributed by atoms with Gasteiger partial charge in [0.05, 0.1) is 11.6 Å². The van der Waals surface area contributed by atoms with Crippen molar-refractivity contribution in [1.82, 2.24) is 10.3 Å². The molecule has 0 radical (unpaired) electrons. The van der Waals surface area contributed by atoms with Gasteiger partial charge in [-0.1, -0.05) is 17.7 Å². The van der Waals surface area contributed by atoms with E-state index in [1.54, 1.807) is 6.07 Å². The number of carbonyl (C=O) groups is 1. The molecule has 1 aromatic heterocycles. The lowest BCUT2D eigenvalue weighted by Gasteiger charge is -2.26. The standard InChI is InChI=1S/C17H16ClFN2O4/c18-12-4-3-10(8-13(12)19)15-14(9-20-6-7-24-15)25-16-11(17(22)23)2-1-5-21-16/h1-5,8,14-15,20H,6-7,9H2,(H,22,23)/t14-,15?/m0/s1. The summed E-state index contributed by atoms with van der Waals surface area (Å²) in [5, 5.41) is 12.4. The minimum Gasteiger partial charge on any atom is -0.477 e. The number of hydrogen-bond acceptors (Lipinski definition) is 5. The van der Waals surface area contributed by atoms with Crippen LogP contribution in [0, 0.1) is 5.82 Å². The van der Waals surface area contributed by atoms with Crippen LogP contribution in [0.15, 0.2) is 36.5 Å². The maximum atomic E-state index is 13.8. The molecule has 0 bridgehead atoms. The van der Waals surface area contributed by atoms with E-state index in [1.807, 2.05) is 0 Å². The second-order valence-electron chi connectivity index (χ2n) is 5.49. The zero-order valence-electron chi connectivity index (χ0n) is 13.1. The van der Waals surface area contributed by atoms with Crippen molar-refractivity contribution in [3.05, 3.63) is 58.5 Å². The molecule has 2 N–H and O–H groups in total. The summed E-state index contributed by atoms with van der Waals surface area (Å²) in [4.78, 5) is 15.3. The summed E-state index contributed by atoms with van der Waals surface area (Å²) < 4.78 is 25.5. The zero-order chi connectivity index (χ0) is 17.8. The normalized spacial score (nSPS) is 20.7. The molecule has 0 aliphatic carbocycles. The first-order chi connectivity index (χ1) is 12.1. The third-order valence-electron chi connectivity index (χ3n) is 3.80. The van der Waals surface area contributed by atoms with E-state index in [0.29, 0.717) is 25.3 Å². The van der Waals surface area contributed by atoms with Gasteiger partial charge >= 0.3 is 5.97 Å². The zero-order valence-corrected chi connectivity index (χ0v) is 13.9. The fourth-order valence-corrected chi connectivity index (χ4v) is 2.73. The maximum Gasteiger partial charge on any atom is 0.341 e. The van der Waals surface area contributed by atoms with Gasteiger partial charge < -0.3 is 19.9 Å². The van der Waals surface area contributed by atoms with Gasteiger partial charge in [-0.2, -0.15) is 0 Å². The molecule has 2 atom stereocenters. The van der Waals surface area contributed by atoms with Gasteiger partial charge in [0.1, 0.15) is 23.6 Å². The number of nitrogens with one attached hydrogen (secondary N) is 1. The summed E-state index contributed by atoms with van der Waals surface area (Å²) in [6, 6.07) is 7.34. The van der Waals surface area contributed by atoms with Gasteiger partial charge in [-0.3, -0.25) is 0 Å². The minimum absolute atomic E-state index is 0.00765. The highest BCUT2D eigenvalue weighted by Crippen LogP contribution is 2.29. The second-order valence-corrected chi connectivity index (χ2v) is 5.89. The van der Waals surface area contributed by atoms with Crippen molar-refractivity contribution < 1.29 is 23.8 Å². The molecule has 1 saturated heterocycles. The predicted octanol–water partition coefficient (Wildman–Crippen LogP) is 2.68. The molecule has 132 valence electrons. The molecule has 0 saturated carbocycles. The maximum absolute atomic E-state index is 13.8. The van der Waals surface area contributed by atoms with E-state index in [-0.39, 0.29) is 16.5 Å². The molecule has 1 fully saturated rings. The summed E-state index contributed by atoms with van der Waals surface area (Å²) in [7, 11) is 0. The van der Waals surface area contributed by atoms with Crippen molar-refractivity contribution in [2.45, 2.75) is 12.2 Å². The van der Waals surface area contributed by atoms with Gasteiger partial charge in [-0.25, -0.2) is 14.2 Å². The van der Waals surface area contributed by atoms with E-state index in [0.717, 1.165) is 0 Å². The quantitative estimate of drug-likeness (QED) is 0.866. The van der Waals surface area contributed by atoms with Crippen LogP contribution < -0.4 is 10.1 Å². The third kappa shape index (κ3) is 4.07. The molecule has 25 heavy (non-hydrogen) atoms. The monoisotopic (exact) mass is 366 g/mol. The number of halogens is 2. The number of carboxylic acid groups (broad SMARTS) is 1. The van der Waals surface area contributed by atoms with Crippen LogP contribution in [-0.2, 0) is 4.74 Å². The Kier molecular flexibility index (Phi) is 5.47. The first kappa shape index (κ1) is 17.6. The molecule has 0 amide bonds. The molecule has 3 rings (SSSR count). The van der Waals surface area contributed by atoms with Crippen molar-refractivity contribution in [3.63, 3.8) is 0 Å². The van der Waals surface area contributed by atoms with Crippen LogP contribution in [0.3, 0.4) is 0 Å². The van der Waals surface area contributed by atoms with Crippen LogP contribution in [0.4, 0.5) is 4.39 Å². The highest BCUT2D eigenvalue weighted by atomic mass is 35.5. The molecule has 0 spiro atoms. The molecule has 6 nitrogen and oxygen atoms in total. The number of benzene rings is 1. The molecule has 1 aliphatic rings. The average Bonchev–Trinajstić information content (AvgIpc) is 2.83. The highest BCUT2D eigenvalue weighted by Gasteiger charge is 2.30. The summed E-state index contributed by atoms with van der Waals surface area (Å²) in [5.74, 6) is -1.70. The Morgan fingerprint density at radius 2 is 2.28 bits per heavy atom. The summed E-state index contributed by atoms with van der Waals surface area (Å²) >= 11 is 5.74. The van der Waals surface area contributed by atoms with Crippen LogP contribution in [0.1, 0.15) is 22.0 Å². The fourth-order valence-electron chi connectivity index (χ4n) is 2.61. The Morgan fingerprint density at radius 3 is 3.04 bits per heavy atom. The number of aromatic carboxylic acids is 1. The highest BCUT2D eigenvalue weighted by molar-refractivity contribution is 6.30. The molecule has 2 aromatic rings. The molecule has 8 heteroatoms. The lowest BCUT2D eigenvalue weighted by Crippen LogP contribution is -2.35. The molecule has 2 heterocycles. The predicted molar refractivity (Wildman–Crippen MR) is 88.6 cm³/mol. The lowest BCUT2D eigenvalue weighted by atomic mass is 10.0. The fraction of sp³-hybridized carbons (Fsp3) is 0.294. The van der Waals surface area contributed by atoms with Gasteiger partial charge in [0, 0.05) is 19.3 Å². The number of rotatable bonds is 4. The summed E-state index contributed by atoms with van der Waals surface area (Å²) in [6.07, 6.45) is 0.269. The molecular formula is C17H16ClFN2O4. The average molecular weight is 367 g/mol. The lowest BCUT2D eigenvalue weighted by molar-refractivity contribution is -0.0107. The summed E-state index contributed by atoms with van der Waals surface area (Å²) in [6.45, 7) is 1.40. The van der Waals surface area contributed by atoms with Gasteiger partial charge in [0.15, 0.2) is 0 Å². The van der Waals surface area contributed by atoms with E-state index in [2.05, 4.69) is 10.3 Å². The van der Waals surface area contributed by atoms with Crippen LogP contribution >= 0.6 is 11.6 Å². The van der Waals surface area contributed by atoms with Gasteiger partial charge in [-0.05, 0) is 29.8 Å². The number of pyridine rings is 1. The Hall–Kier alpha value is -2.22. The molecule has 1 aliphatic heterocycles. The van der Waals surface area contributed by atoms with Crippen LogP contribution in [0.5, 0.6) is 5.88 Å². The number of nitrogens with zero attached hydrogens (tertiary/aromatic N) is 1. The van der Waals surface area contributed by atoms with E-state index in [4.69, 9.17) is 21.1 Å². The number of aromatic nitrogens is 1. The summed E-state index contributed by atoms with van der Waals surface area (Å²) in [5.41, 5.74) is 0.510. The van der Waals surface area contributed by atoms with Gasteiger partial charge in [-0.15, -0.1) is 0 Å². The number of hydrogen-bond donors (Lipinski definition) is 2. The Balaban J connectivity index is 1.91. The third-order valence-corrected chi connectivity index (χ3v) is 4.10. The van der Waals surface area contributed by atoms with E-state index in [9.17, 15) is 14.3 Å². The first-order valence-corrected chi connectivity index (χ1v) is 8.06. The van der Waals surface area contributed by atoms with Gasteiger partial charge in [0.25, 0.3) is 0 Å². The van der Waals surface area contributed by atoms with Crippen LogP contribution in [-0.4, -0.2) is 41.9 Å². The van der Waals surface area contributed by atoms with Crippen molar-refractivity contribution in [1.29, 1.82) is 0 Å². The molecule has 1 unspecified atom stereocenters. The van der Waals surface area contributed by atoms with E-state index >= 15 is 0 Å². The van der Waals surface area contributed by atoms with Crippen molar-refractivity contribution in [2.75, 3.05) is 19.7 Å². The van der Waals surface area contributed by atoms with E-state index in [1.165, 1.54) is 30.5 Å². The molecular weight excluding hydrogens is 351 g/mol. The van der Waals surface area contributed by atoms with Crippen molar-refractivity contribution in [2.24, 2.45) is 0 Å². The largest absolute Gasteiger partial charge is 0.477 e. The van der Waals surface area contributed by atoms with Crippen LogP contribution in [0.2, 0.25) is 5.02 Å². The number of carboxylic acids is 1. The minimum atomic E-state index is -1.14. The topological polar surface area (TPSA) is 80.7 Å². The Morgan fingerprint density at radius 1 is 1.44 bits per heavy atom. The Bertz CT molecular complexity index is 774. The Labute approximate surface area is 148 Å². The molecule has 1 aromatic carbocycles. The first-order valence-electron chi connectivity index (χ1n) is 7.68. The van der Waals surface area contributed by atoms with Crippen molar-refractivity contribution >= 4 is 17.6 Å². The van der Waals surface area contributed by atoms with Crippen LogP contribution in [0.25, 0.3) is 0 Å². The van der Waals surface area contributed by atoms with Crippen molar-refractivity contribution in [3.8, 4) is 5.88 Å². The number of ether oxygens (including phenoxy) is 2. The van der Waals surface area contributed by atoms with E-state index < -0.39 is 24.0 Å². The van der Waals surface area contributed by atoms with Gasteiger partial charge in [0.2, 0.25) is 5.88 Å².